The summed E-state index contributed by atoms with van der Waals surface area (Å²) in [5, 5.41) is 16.7. The number of rotatable bonds is 4. The van der Waals surface area contributed by atoms with Gasteiger partial charge in [0, 0.05) is 29.7 Å². The molecule has 1 amide bonds. The summed E-state index contributed by atoms with van der Waals surface area (Å²) in [4.78, 5) is 14.9. The lowest BCUT2D eigenvalue weighted by Gasteiger charge is -2.32. The summed E-state index contributed by atoms with van der Waals surface area (Å²) in [6.07, 6.45) is 1.79. The highest BCUT2D eigenvalue weighted by molar-refractivity contribution is 6.30. The van der Waals surface area contributed by atoms with Crippen molar-refractivity contribution in [1.29, 1.82) is 0 Å². The van der Waals surface area contributed by atoms with Crippen LogP contribution in [0.3, 0.4) is 0 Å². The number of aromatic nitrogens is 4. The van der Waals surface area contributed by atoms with Crippen molar-refractivity contribution >= 4 is 34.7 Å². The minimum atomic E-state index is -0.101. The Hall–Kier alpha value is -2.67. The van der Waals surface area contributed by atoms with Crippen molar-refractivity contribution in [3.05, 3.63) is 47.2 Å². The van der Waals surface area contributed by atoms with Gasteiger partial charge in [0.25, 0.3) is 0 Å². The minimum absolute atomic E-state index is 0.0141. The van der Waals surface area contributed by atoms with Crippen LogP contribution >= 0.6 is 11.6 Å². The maximum Gasteiger partial charge on any atom is 0.229 e. The molecule has 0 saturated carbocycles. The van der Waals surface area contributed by atoms with Crippen LogP contribution < -0.4 is 10.2 Å². The molecule has 8 heteroatoms. The molecule has 3 heterocycles. The maximum atomic E-state index is 12.7. The van der Waals surface area contributed by atoms with Gasteiger partial charge >= 0.3 is 0 Å². The summed E-state index contributed by atoms with van der Waals surface area (Å²) in [7, 11) is 0. The lowest BCUT2D eigenvalue weighted by molar-refractivity contribution is -0.120. The molecule has 0 spiro atoms. The second-order valence-corrected chi connectivity index (χ2v) is 7.90. The second-order valence-electron chi connectivity index (χ2n) is 7.46. The SMILES string of the molecule is CC(C)c1nnc2ccc(N3CCCC(C(=O)Nc4cccc(Cl)c4)C3)nn12. The summed E-state index contributed by atoms with van der Waals surface area (Å²) in [5.74, 6) is 1.82. The fraction of sp³-hybridized carbons (Fsp3) is 0.400. The highest BCUT2D eigenvalue weighted by Gasteiger charge is 2.27. The molecule has 7 nitrogen and oxygen atoms in total. The number of nitrogens with zero attached hydrogens (tertiary/aromatic N) is 5. The molecule has 1 unspecified atom stereocenters. The molecule has 146 valence electrons. The predicted molar refractivity (Wildman–Crippen MR) is 110 cm³/mol. The van der Waals surface area contributed by atoms with Crippen LogP contribution in [0.4, 0.5) is 11.5 Å². The fourth-order valence-electron chi connectivity index (χ4n) is 3.53. The van der Waals surface area contributed by atoms with Crippen molar-refractivity contribution in [1.82, 2.24) is 19.8 Å². The van der Waals surface area contributed by atoms with E-state index in [1.54, 1.807) is 16.6 Å². The van der Waals surface area contributed by atoms with E-state index < -0.39 is 0 Å². The number of amides is 1. The lowest BCUT2D eigenvalue weighted by atomic mass is 9.97. The van der Waals surface area contributed by atoms with Gasteiger partial charge in [0.05, 0.1) is 5.92 Å². The van der Waals surface area contributed by atoms with Crippen LogP contribution in [-0.4, -0.2) is 38.8 Å². The van der Waals surface area contributed by atoms with Crippen LogP contribution in [0.15, 0.2) is 36.4 Å². The molecule has 1 aliphatic rings. The average molecular weight is 399 g/mol. The van der Waals surface area contributed by atoms with Gasteiger partial charge in [-0.2, -0.15) is 4.52 Å². The van der Waals surface area contributed by atoms with E-state index in [4.69, 9.17) is 16.7 Å². The monoisotopic (exact) mass is 398 g/mol. The first-order valence-electron chi connectivity index (χ1n) is 9.55. The van der Waals surface area contributed by atoms with Gasteiger partial charge in [0.15, 0.2) is 11.5 Å². The molecule has 1 atom stereocenters. The average Bonchev–Trinajstić information content (AvgIpc) is 3.11. The zero-order chi connectivity index (χ0) is 19.7. The minimum Gasteiger partial charge on any atom is -0.354 e. The number of halogens is 1. The summed E-state index contributed by atoms with van der Waals surface area (Å²) in [6, 6.07) is 11.1. The first-order chi connectivity index (χ1) is 13.5. The Labute approximate surface area is 168 Å². The largest absolute Gasteiger partial charge is 0.354 e. The molecule has 28 heavy (non-hydrogen) atoms. The Bertz CT molecular complexity index is 1000. The van der Waals surface area contributed by atoms with E-state index >= 15 is 0 Å². The molecule has 1 aromatic carbocycles. The summed E-state index contributed by atoms with van der Waals surface area (Å²) >= 11 is 6.01. The molecule has 2 aromatic heterocycles. The van der Waals surface area contributed by atoms with Crippen LogP contribution in [0.2, 0.25) is 5.02 Å². The number of fused-ring (bicyclic) bond motifs is 1. The summed E-state index contributed by atoms with van der Waals surface area (Å²) < 4.78 is 1.80. The Balaban J connectivity index is 1.51. The molecular formula is C20H23ClN6O. The predicted octanol–water partition coefficient (Wildman–Crippen LogP) is 3.76. The molecule has 1 aliphatic heterocycles. The second kappa shape index (κ2) is 7.75. The quantitative estimate of drug-likeness (QED) is 0.724. The highest BCUT2D eigenvalue weighted by Crippen LogP contribution is 2.24. The number of carbonyl (C=O) groups is 1. The van der Waals surface area contributed by atoms with Crippen LogP contribution in [0.25, 0.3) is 5.65 Å². The van der Waals surface area contributed by atoms with E-state index in [-0.39, 0.29) is 17.7 Å². The summed E-state index contributed by atoms with van der Waals surface area (Å²) in [5.41, 5.74) is 1.46. The maximum absolute atomic E-state index is 12.7. The van der Waals surface area contributed by atoms with Crippen LogP contribution in [0.1, 0.15) is 38.4 Å². The van der Waals surface area contributed by atoms with E-state index in [1.807, 2.05) is 24.3 Å². The third-order valence-corrected chi connectivity index (χ3v) is 5.23. The van der Waals surface area contributed by atoms with E-state index in [9.17, 15) is 4.79 Å². The third-order valence-electron chi connectivity index (χ3n) is 5.00. The van der Waals surface area contributed by atoms with Crippen LogP contribution in [-0.2, 0) is 4.79 Å². The normalized spacial score (nSPS) is 17.3. The fourth-order valence-corrected chi connectivity index (χ4v) is 3.72. The number of nitrogens with one attached hydrogen (secondary N) is 1. The van der Waals surface area contributed by atoms with Crippen molar-refractivity contribution in [2.45, 2.75) is 32.6 Å². The zero-order valence-corrected chi connectivity index (χ0v) is 16.7. The molecule has 0 bridgehead atoms. The van der Waals surface area contributed by atoms with Gasteiger partial charge in [-0.25, -0.2) is 0 Å². The van der Waals surface area contributed by atoms with Gasteiger partial charge in [-0.15, -0.1) is 15.3 Å². The van der Waals surface area contributed by atoms with E-state index in [0.717, 1.165) is 42.4 Å². The molecule has 1 N–H and O–H groups in total. The van der Waals surface area contributed by atoms with Crippen molar-refractivity contribution in [3.8, 4) is 0 Å². The van der Waals surface area contributed by atoms with Gasteiger partial charge in [-0.3, -0.25) is 4.79 Å². The number of anilines is 2. The Kier molecular flexibility index (Phi) is 5.17. The van der Waals surface area contributed by atoms with Crippen LogP contribution in [0, 0.1) is 5.92 Å². The van der Waals surface area contributed by atoms with Crippen molar-refractivity contribution in [2.75, 3.05) is 23.3 Å². The van der Waals surface area contributed by atoms with Gasteiger partial charge in [-0.1, -0.05) is 31.5 Å². The van der Waals surface area contributed by atoms with Gasteiger partial charge in [0.2, 0.25) is 5.91 Å². The van der Waals surface area contributed by atoms with Crippen LogP contribution in [0.5, 0.6) is 0 Å². The van der Waals surface area contributed by atoms with Crippen molar-refractivity contribution in [2.24, 2.45) is 5.92 Å². The van der Waals surface area contributed by atoms with E-state index in [1.165, 1.54) is 0 Å². The number of benzene rings is 1. The molecular weight excluding hydrogens is 376 g/mol. The lowest BCUT2D eigenvalue weighted by Crippen LogP contribution is -2.41. The molecule has 4 rings (SSSR count). The Morgan fingerprint density at radius 3 is 2.89 bits per heavy atom. The molecule has 1 fully saturated rings. The Morgan fingerprint density at radius 1 is 1.25 bits per heavy atom. The smallest absolute Gasteiger partial charge is 0.229 e. The topological polar surface area (TPSA) is 75.4 Å². The number of piperidine rings is 1. The van der Waals surface area contributed by atoms with Crippen molar-refractivity contribution in [3.63, 3.8) is 0 Å². The van der Waals surface area contributed by atoms with Crippen molar-refractivity contribution < 1.29 is 4.79 Å². The molecule has 3 aromatic rings. The standard InChI is InChI=1S/C20H23ClN6O/c1-13(2)19-24-23-17-8-9-18(25-27(17)19)26-10-4-5-14(12-26)20(28)22-16-7-3-6-15(21)11-16/h3,6-9,11,13-14H,4-5,10,12H2,1-2H3,(H,22,28). The Morgan fingerprint density at radius 2 is 2.11 bits per heavy atom. The summed E-state index contributed by atoms with van der Waals surface area (Å²) in [6.45, 7) is 5.65. The van der Waals surface area contributed by atoms with Gasteiger partial charge < -0.3 is 10.2 Å². The molecule has 0 aliphatic carbocycles. The molecule has 1 saturated heterocycles. The number of carbonyl (C=O) groups excluding carboxylic acids is 1. The highest BCUT2D eigenvalue weighted by atomic mass is 35.5. The number of hydrogen-bond donors (Lipinski definition) is 1. The zero-order valence-electron chi connectivity index (χ0n) is 16.0. The van der Waals surface area contributed by atoms with Gasteiger partial charge in [-0.05, 0) is 43.2 Å². The first kappa shape index (κ1) is 18.7. The van der Waals surface area contributed by atoms with E-state index in [0.29, 0.717) is 11.6 Å². The third kappa shape index (κ3) is 3.80. The first-order valence-corrected chi connectivity index (χ1v) is 9.93. The van der Waals surface area contributed by atoms with Gasteiger partial charge in [0.1, 0.15) is 5.82 Å². The number of hydrogen-bond acceptors (Lipinski definition) is 5. The van der Waals surface area contributed by atoms with E-state index in [2.05, 4.69) is 34.3 Å². The molecule has 0 radical (unpaired) electrons.